The molecule has 146 valence electrons. The van der Waals surface area contributed by atoms with Gasteiger partial charge in [0, 0.05) is 17.7 Å². The Bertz CT molecular complexity index is 825. The minimum Gasteiger partial charge on any atom is -0.348 e. The minimum absolute atomic E-state index is 0.137. The number of benzene rings is 1. The van der Waals surface area contributed by atoms with Crippen molar-refractivity contribution in [1.82, 2.24) is 5.32 Å². The fraction of sp³-hybridized carbons (Fsp3) is 0.520. The Morgan fingerprint density at radius 1 is 1.00 bits per heavy atom. The lowest BCUT2D eigenvalue weighted by atomic mass is 9.48. The van der Waals surface area contributed by atoms with E-state index in [2.05, 4.69) is 36.6 Å². The lowest BCUT2D eigenvalue weighted by Gasteiger charge is -2.59. The molecule has 0 aliphatic heterocycles. The first kappa shape index (κ1) is 17.9. The highest BCUT2D eigenvalue weighted by molar-refractivity contribution is 5.74. The Morgan fingerprint density at radius 3 is 2.25 bits per heavy atom. The molecule has 3 heteroatoms. The molecule has 0 spiro atoms. The van der Waals surface area contributed by atoms with E-state index in [1.54, 1.807) is 0 Å². The molecule has 4 aliphatic rings. The molecule has 4 bridgehead atoms. The van der Waals surface area contributed by atoms with Crippen LogP contribution in [0.15, 0.2) is 54.9 Å². The zero-order valence-corrected chi connectivity index (χ0v) is 16.8. The molecule has 4 fully saturated rings. The van der Waals surface area contributed by atoms with Gasteiger partial charge in [0.25, 0.3) is 5.91 Å². The summed E-state index contributed by atoms with van der Waals surface area (Å²) in [6.07, 6.45) is 12.4. The number of nitrogens with one attached hydrogen (secondary N) is 1. The van der Waals surface area contributed by atoms with Crippen molar-refractivity contribution in [3.05, 3.63) is 54.9 Å². The van der Waals surface area contributed by atoms with Gasteiger partial charge in [-0.2, -0.15) is 4.57 Å². The largest absolute Gasteiger partial charge is 0.348 e. The van der Waals surface area contributed by atoms with Gasteiger partial charge in [0.1, 0.15) is 0 Å². The predicted octanol–water partition coefficient (Wildman–Crippen LogP) is 4.36. The third-order valence-electron chi connectivity index (χ3n) is 7.67. The minimum atomic E-state index is 0.137. The number of rotatable bonds is 5. The zero-order chi connectivity index (χ0) is 19.1. The number of hydrogen-bond donors (Lipinski definition) is 1. The summed E-state index contributed by atoms with van der Waals surface area (Å²) in [5.74, 6) is 2.89. The van der Waals surface area contributed by atoms with Crippen LogP contribution in [0.3, 0.4) is 0 Å². The normalized spacial score (nSPS) is 31.5. The number of carbonyl (C=O) groups excluding carboxylic acids is 1. The third-order valence-corrected chi connectivity index (χ3v) is 7.67. The first-order valence-electron chi connectivity index (χ1n) is 10.9. The summed E-state index contributed by atoms with van der Waals surface area (Å²) < 4.78 is 2.00. The zero-order valence-electron chi connectivity index (χ0n) is 16.8. The second kappa shape index (κ2) is 7.02. The average Bonchev–Trinajstić information content (AvgIpc) is 2.68. The Balaban J connectivity index is 1.25. The fourth-order valence-electron chi connectivity index (χ4n) is 6.74. The number of carbonyl (C=O) groups is 1. The van der Waals surface area contributed by atoms with E-state index in [9.17, 15) is 4.79 Å². The highest BCUT2D eigenvalue weighted by atomic mass is 16.2. The summed E-state index contributed by atoms with van der Waals surface area (Å²) in [5, 5.41) is 3.38. The topological polar surface area (TPSA) is 33.0 Å². The van der Waals surface area contributed by atoms with Crippen LogP contribution in [0.25, 0.3) is 11.1 Å². The van der Waals surface area contributed by atoms with Crippen molar-refractivity contribution in [3.8, 4) is 11.1 Å². The molecule has 4 aliphatic carbocycles. The smallest absolute Gasteiger partial charge is 0.286 e. The Morgan fingerprint density at radius 2 is 1.61 bits per heavy atom. The maximum atomic E-state index is 12.8. The van der Waals surface area contributed by atoms with E-state index in [-0.39, 0.29) is 11.9 Å². The van der Waals surface area contributed by atoms with E-state index in [0.717, 1.165) is 23.3 Å². The molecule has 1 heterocycles. The summed E-state index contributed by atoms with van der Waals surface area (Å²) in [4.78, 5) is 12.8. The Labute approximate surface area is 168 Å². The SMILES string of the molecule is C[C@H](NC(=O)C[n+]1cccc(-c2ccccc2)c1)C12CC3CC(CC(C3)C1)C2. The van der Waals surface area contributed by atoms with Crippen LogP contribution in [0.1, 0.15) is 45.4 Å². The van der Waals surface area contributed by atoms with E-state index >= 15 is 0 Å². The molecule has 28 heavy (non-hydrogen) atoms. The van der Waals surface area contributed by atoms with Crippen LogP contribution < -0.4 is 9.88 Å². The maximum Gasteiger partial charge on any atom is 0.286 e. The van der Waals surface area contributed by atoms with E-state index in [1.807, 2.05) is 35.0 Å². The molecule has 3 nitrogen and oxygen atoms in total. The van der Waals surface area contributed by atoms with Crippen LogP contribution in [-0.4, -0.2) is 11.9 Å². The van der Waals surface area contributed by atoms with Gasteiger partial charge in [-0.3, -0.25) is 4.79 Å². The molecule has 0 saturated heterocycles. The van der Waals surface area contributed by atoms with E-state index in [4.69, 9.17) is 0 Å². The highest BCUT2D eigenvalue weighted by Gasteiger charge is 2.53. The maximum absolute atomic E-state index is 12.8. The van der Waals surface area contributed by atoms with Crippen LogP contribution in [0.2, 0.25) is 0 Å². The summed E-state index contributed by atoms with van der Waals surface area (Å²) >= 11 is 0. The molecular weight excluding hydrogens is 344 g/mol. The molecule has 2 aromatic rings. The molecule has 1 N–H and O–H groups in total. The van der Waals surface area contributed by atoms with E-state index in [0.29, 0.717) is 12.0 Å². The first-order chi connectivity index (χ1) is 13.6. The molecule has 6 rings (SSSR count). The molecule has 1 amide bonds. The van der Waals surface area contributed by atoms with Crippen LogP contribution in [-0.2, 0) is 11.3 Å². The molecule has 1 aromatic carbocycles. The second-order valence-corrected chi connectivity index (χ2v) is 9.70. The summed E-state index contributed by atoms with van der Waals surface area (Å²) in [6.45, 7) is 2.65. The van der Waals surface area contributed by atoms with Gasteiger partial charge in [-0.15, -0.1) is 0 Å². The third kappa shape index (κ3) is 3.36. The fourth-order valence-corrected chi connectivity index (χ4v) is 6.74. The van der Waals surface area contributed by atoms with Crippen LogP contribution >= 0.6 is 0 Å². The van der Waals surface area contributed by atoms with Crippen LogP contribution in [0.4, 0.5) is 0 Å². The van der Waals surface area contributed by atoms with Crippen LogP contribution in [0, 0.1) is 23.2 Å². The lowest BCUT2D eigenvalue weighted by molar-refractivity contribution is -0.684. The van der Waals surface area contributed by atoms with E-state index in [1.165, 1.54) is 44.1 Å². The van der Waals surface area contributed by atoms with Gasteiger partial charge in [0.05, 0.1) is 0 Å². The van der Waals surface area contributed by atoms with Crippen molar-refractivity contribution in [3.63, 3.8) is 0 Å². The number of hydrogen-bond acceptors (Lipinski definition) is 1. The summed E-state index contributed by atoms with van der Waals surface area (Å²) in [6, 6.07) is 14.7. The van der Waals surface area contributed by atoms with Gasteiger partial charge in [-0.1, -0.05) is 30.3 Å². The van der Waals surface area contributed by atoms with Crippen LogP contribution in [0.5, 0.6) is 0 Å². The standard InChI is InChI=1S/C25H30N2O/c1-18(25-13-19-10-20(14-25)12-21(11-19)15-25)26-24(28)17-27-9-5-8-23(16-27)22-6-3-2-4-7-22/h2-9,16,18-21H,10-15,17H2,1H3/p+1/t18-,19?,20?,21?,25?/m0/s1. The van der Waals surface area contributed by atoms with Crippen molar-refractivity contribution in [1.29, 1.82) is 0 Å². The quantitative estimate of drug-likeness (QED) is 0.774. The average molecular weight is 376 g/mol. The first-order valence-corrected chi connectivity index (χ1v) is 10.9. The predicted molar refractivity (Wildman–Crippen MR) is 110 cm³/mol. The van der Waals surface area contributed by atoms with Crippen molar-refractivity contribution < 1.29 is 9.36 Å². The molecule has 1 aromatic heterocycles. The molecule has 4 saturated carbocycles. The molecular formula is C25H31N2O+. The second-order valence-electron chi connectivity index (χ2n) is 9.70. The van der Waals surface area contributed by atoms with Gasteiger partial charge < -0.3 is 5.32 Å². The van der Waals surface area contributed by atoms with Gasteiger partial charge >= 0.3 is 0 Å². The Hall–Kier alpha value is -2.16. The van der Waals surface area contributed by atoms with Gasteiger partial charge in [-0.25, -0.2) is 0 Å². The Kier molecular flexibility index (Phi) is 4.49. The monoisotopic (exact) mass is 375 g/mol. The number of nitrogens with zero attached hydrogens (tertiary/aromatic N) is 1. The van der Waals surface area contributed by atoms with Gasteiger partial charge in [-0.05, 0) is 80.2 Å². The molecule has 0 unspecified atom stereocenters. The highest BCUT2D eigenvalue weighted by Crippen LogP contribution is 2.61. The number of amides is 1. The van der Waals surface area contributed by atoms with Crippen molar-refractivity contribution >= 4 is 5.91 Å². The number of pyridine rings is 1. The van der Waals surface area contributed by atoms with E-state index < -0.39 is 0 Å². The summed E-state index contributed by atoms with van der Waals surface area (Å²) in [5.41, 5.74) is 2.69. The van der Waals surface area contributed by atoms with Gasteiger partial charge in [0.2, 0.25) is 6.54 Å². The van der Waals surface area contributed by atoms with Crippen molar-refractivity contribution in [2.45, 2.75) is 58.0 Å². The lowest BCUT2D eigenvalue weighted by Crippen LogP contribution is -2.57. The van der Waals surface area contributed by atoms with Crippen molar-refractivity contribution in [2.75, 3.05) is 0 Å². The molecule has 1 atom stereocenters. The molecule has 0 radical (unpaired) electrons. The van der Waals surface area contributed by atoms with Crippen molar-refractivity contribution in [2.24, 2.45) is 23.2 Å². The number of aromatic nitrogens is 1. The van der Waals surface area contributed by atoms with Gasteiger partial charge in [0.15, 0.2) is 12.4 Å². The summed E-state index contributed by atoms with van der Waals surface area (Å²) in [7, 11) is 0.